The third-order valence-corrected chi connectivity index (χ3v) is 4.49. The van der Waals surface area contributed by atoms with E-state index in [2.05, 4.69) is 50.0 Å². The van der Waals surface area contributed by atoms with Gasteiger partial charge in [-0.2, -0.15) is 0 Å². The summed E-state index contributed by atoms with van der Waals surface area (Å²) in [6.07, 6.45) is 1.05. The molecule has 0 aliphatic heterocycles. The van der Waals surface area contributed by atoms with Crippen molar-refractivity contribution in [2.24, 2.45) is 0 Å². The zero-order valence-corrected chi connectivity index (χ0v) is 16.0. The molecular formula is C20H25ClN2O2. The monoisotopic (exact) mass is 360 g/mol. The van der Waals surface area contributed by atoms with Gasteiger partial charge < -0.3 is 14.2 Å². The molecule has 1 aromatic heterocycles. The Hall–Kier alpha value is -2.04. The van der Waals surface area contributed by atoms with Gasteiger partial charge in [0, 0.05) is 6.54 Å². The summed E-state index contributed by atoms with van der Waals surface area (Å²) in [7, 11) is 2.15. The fourth-order valence-corrected chi connectivity index (χ4v) is 2.74. The minimum Gasteiger partial charge on any atom is -0.436 e. The van der Waals surface area contributed by atoms with Gasteiger partial charge in [-0.1, -0.05) is 25.1 Å². The van der Waals surface area contributed by atoms with Crippen molar-refractivity contribution in [3.05, 3.63) is 53.1 Å². The molecule has 0 N–H and O–H groups in total. The smallest absolute Gasteiger partial charge is 0.267 e. The summed E-state index contributed by atoms with van der Waals surface area (Å²) in [5, 5.41) is 4.94. The summed E-state index contributed by atoms with van der Waals surface area (Å²) in [4.78, 5) is 2.32. The zero-order valence-electron chi connectivity index (χ0n) is 15.2. The van der Waals surface area contributed by atoms with Crippen LogP contribution in [0.1, 0.15) is 23.6 Å². The topological polar surface area (TPSA) is 38.5 Å². The lowest BCUT2D eigenvalue weighted by Crippen LogP contribution is -2.20. The Morgan fingerprint density at radius 2 is 1.88 bits per heavy atom. The molecular weight excluding hydrogens is 336 g/mol. The lowest BCUT2D eigenvalue weighted by molar-refractivity contribution is 0.357. The second-order valence-electron chi connectivity index (χ2n) is 6.28. The van der Waals surface area contributed by atoms with Gasteiger partial charge in [-0.25, -0.2) is 0 Å². The van der Waals surface area contributed by atoms with Crippen molar-refractivity contribution in [3.8, 4) is 11.6 Å². The Labute approximate surface area is 155 Å². The van der Waals surface area contributed by atoms with Crippen LogP contribution in [0.5, 0.6) is 11.6 Å². The van der Waals surface area contributed by atoms with Gasteiger partial charge in [-0.3, -0.25) is 0 Å². The quantitative estimate of drug-likeness (QED) is 0.609. The van der Waals surface area contributed by atoms with Crippen LogP contribution in [0.25, 0.3) is 11.0 Å². The highest BCUT2D eigenvalue weighted by molar-refractivity contribution is 5.85. The van der Waals surface area contributed by atoms with Gasteiger partial charge in [0.2, 0.25) is 0 Å². The fraction of sp³-hybridized carbons (Fsp3) is 0.350. The lowest BCUT2D eigenvalue weighted by Gasteiger charge is -2.16. The van der Waals surface area contributed by atoms with Crippen LogP contribution in [0.4, 0.5) is 0 Å². The number of halogens is 1. The molecule has 3 rings (SSSR count). The Kier molecular flexibility index (Phi) is 6.45. The van der Waals surface area contributed by atoms with E-state index in [1.54, 1.807) is 0 Å². The number of likely N-dealkylation sites (N-methyl/N-ethyl adjacent to an activating group) is 1. The number of rotatable bonds is 6. The van der Waals surface area contributed by atoms with Crippen LogP contribution in [-0.4, -0.2) is 30.2 Å². The first kappa shape index (κ1) is 19.3. The second kappa shape index (κ2) is 8.37. The average molecular weight is 361 g/mol. The minimum absolute atomic E-state index is 0. The van der Waals surface area contributed by atoms with Crippen molar-refractivity contribution in [1.29, 1.82) is 0 Å². The number of ether oxygens (including phenoxy) is 1. The maximum Gasteiger partial charge on any atom is 0.267 e. The van der Waals surface area contributed by atoms with Gasteiger partial charge >= 0.3 is 0 Å². The van der Waals surface area contributed by atoms with Crippen molar-refractivity contribution < 1.29 is 9.26 Å². The molecule has 0 unspecified atom stereocenters. The molecule has 25 heavy (non-hydrogen) atoms. The van der Waals surface area contributed by atoms with Gasteiger partial charge in [0.1, 0.15) is 5.75 Å². The standard InChI is InChI=1S/C20H24N2O2.ClH/c1-5-22(4)11-10-16-12-15(3)19(13-14(16)2)23-20-17-8-6-7-9-18(17)24-21-20;/h6-9,12-13H,5,10-11H2,1-4H3;1H. The molecule has 134 valence electrons. The first-order valence-corrected chi connectivity index (χ1v) is 8.39. The van der Waals surface area contributed by atoms with Gasteiger partial charge in [-0.15, -0.1) is 12.4 Å². The third kappa shape index (κ3) is 4.33. The first-order chi connectivity index (χ1) is 11.6. The summed E-state index contributed by atoms with van der Waals surface area (Å²) in [6.45, 7) is 8.51. The molecule has 0 saturated carbocycles. The van der Waals surface area contributed by atoms with Crippen LogP contribution in [0.2, 0.25) is 0 Å². The summed E-state index contributed by atoms with van der Waals surface area (Å²) in [5.41, 5.74) is 4.46. The van der Waals surface area contributed by atoms with Crippen LogP contribution in [0.15, 0.2) is 40.9 Å². The van der Waals surface area contributed by atoms with E-state index in [0.717, 1.165) is 41.8 Å². The number of nitrogens with zero attached hydrogens (tertiary/aromatic N) is 2. The van der Waals surface area contributed by atoms with E-state index >= 15 is 0 Å². The van der Waals surface area contributed by atoms with Gasteiger partial charge in [0.25, 0.3) is 5.88 Å². The highest BCUT2D eigenvalue weighted by atomic mass is 35.5. The fourth-order valence-electron chi connectivity index (χ4n) is 2.74. The molecule has 1 heterocycles. The molecule has 0 aliphatic rings. The van der Waals surface area contributed by atoms with E-state index in [1.807, 2.05) is 24.3 Å². The third-order valence-electron chi connectivity index (χ3n) is 4.49. The highest BCUT2D eigenvalue weighted by Crippen LogP contribution is 2.32. The Morgan fingerprint density at radius 1 is 1.12 bits per heavy atom. The number of hydrogen-bond donors (Lipinski definition) is 0. The van der Waals surface area contributed by atoms with Crippen LogP contribution < -0.4 is 4.74 Å². The van der Waals surface area contributed by atoms with Crippen molar-refractivity contribution >= 4 is 23.4 Å². The van der Waals surface area contributed by atoms with Gasteiger partial charge in [0.15, 0.2) is 5.58 Å². The van der Waals surface area contributed by atoms with Gasteiger partial charge in [0.05, 0.1) is 5.39 Å². The molecule has 0 radical (unpaired) electrons. The number of aromatic nitrogens is 1. The maximum absolute atomic E-state index is 6.03. The Balaban J connectivity index is 0.00000225. The zero-order chi connectivity index (χ0) is 17.1. The van der Waals surface area contributed by atoms with Gasteiger partial charge in [-0.05, 0) is 73.9 Å². The SMILES string of the molecule is CCN(C)CCc1cc(C)c(Oc2noc3ccccc23)cc1C.Cl. The van der Waals surface area contributed by atoms with Crippen LogP contribution in [-0.2, 0) is 6.42 Å². The Morgan fingerprint density at radius 3 is 2.64 bits per heavy atom. The maximum atomic E-state index is 6.03. The second-order valence-corrected chi connectivity index (χ2v) is 6.28. The Bertz CT molecular complexity index is 845. The van der Waals surface area contributed by atoms with E-state index < -0.39 is 0 Å². The summed E-state index contributed by atoms with van der Waals surface area (Å²) < 4.78 is 11.3. The lowest BCUT2D eigenvalue weighted by atomic mass is 10.0. The molecule has 0 spiro atoms. The molecule has 3 aromatic rings. The molecule has 0 fully saturated rings. The number of para-hydroxylation sites is 1. The number of hydrogen-bond acceptors (Lipinski definition) is 4. The molecule has 2 aromatic carbocycles. The molecule has 0 bridgehead atoms. The van der Waals surface area contributed by atoms with Crippen molar-refractivity contribution in [2.75, 3.05) is 20.1 Å². The van der Waals surface area contributed by atoms with Crippen molar-refractivity contribution in [3.63, 3.8) is 0 Å². The molecule has 0 atom stereocenters. The molecule has 0 aliphatic carbocycles. The molecule has 0 saturated heterocycles. The predicted molar refractivity (Wildman–Crippen MR) is 104 cm³/mol. The van der Waals surface area contributed by atoms with E-state index in [9.17, 15) is 0 Å². The minimum atomic E-state index is 0. The van der Waals surface area contributed by atoms with Crippen LogP contribution in [0, 0.1) is 13.8 Å². The number of benzene rings is 2. The predicted octanol–water partition coefficient (Wildman–Crippen LogP) is 5.15. The highest BCUT2D eigenvalue weighted by Gasteiger charge is 2.12. The number of aryl methyl sites for hydroxylation is 2. The van der Waals surface area contributed by atoms with Crippen LogP contribution >= 0.6 is 12.4 Å². The normalized spacial score (nSPS) is 10.9. The first-order valence-electron chi connectivity index (χ1n) is 8.39. The van der Waals surface area contributed by atoms with E-state index in [4.69, 9.17) is 9.26 Å². The van der Waals surface area contributed by atoms with E-state index in [1.165, 1.54) is 11.1 Å². The van der Waals surface area contributed by atoms with Crippen LogP contribution in [0.3, 0.4) is 0 Å². The summed E-state index contributed by atoms with van der Waals surface area (Å²) in [5.74, 6) is 1.35. The molecule has 5 heteroatoms. The van der Waals surface area contributed by atoms with Crippen molar-refractivity contribution in [2.45, 2.75) is 27.2 Å². The molecule has 4 nitrogen and oxygen atoms in total. The van der Waals surface area contributed by atoms with E-state index in [-0.39, 0.29) is 12.4 Å². The summed E-state index contributed by atoms with van der Waals surface area (Å²) >= 11 is 0. The van der Waals surface area contributed by atoms with Crippen molar-refractivity contribution in [1.82, 2.24) is 10.1 Å². The average Bonchev–Trinajstić information content (AvgIpc) is 2.99. The molecule has 0 amide bonds. The number of fused-ring (bicyclic) bond motifs is 1. The summed E-state index contributed by atoms with van der Waals surface area (Å²) in [6, 6.07) is 12.0. The van der Waals surface area contributed by atoms with E-state index in [0.29, 0.717) is 5.88 Å². The largest absolute Gasteiger partial charge is 0.436 e.